The molecule has 1 aromatic heterocycles. The van der Waals surface area contributed by atoms with Crippen molar-refractivity contribution in [3.63, 3.8) is 0 Å². The van der Waals surface area contributed by atoms with Crippen LogP contribution in [0.1, 0.15) is 52.1 Å². The van der Waals surface area contributed by atoms with Crippen LogP contribution >= 0.6 is 0 Å². The molecule has 0 bridgehead atoms. The molecule has 8 nitrogen and oxygen atoms in total. The van der Waals surface area contributed by atoms with Gasteiger partial charge in [0.1, 0.15) is 12.3 Å². The highest BCUT2D eigenvalue weighted by Gasteiger charge is 2.67. The average Bonchev–Trinajstić information content (AvgIpc) is 3.28. The predicted molar refractivity (Wildman–Crippen MR) is 154 cm³/mol. The van der Waals surface area contributed by atoms with Crippen LogP contribution in [-0.4, -0.2) is 79.6 Å². The molecule has 212 valence electrons. The Balaban J connectivity index is 0.981. The molecule has 41 heavy (non-hydrogen) atoms. The molecule has 2 spiro atoms. The minimum absolute atomic E-state index is 0.0219. The molecular formula is C33H35N3O5. The second-order valence-electron chi connectivity index (χ2n) is 12.5. The summed E-state index contributed by atoms with van der Waals surface area (Å²) in [6, 6.07) is 13.6. The summed E-state index contributed by atoms with van der Waals surface area (Å²) in [5.74, 6) is 1.54. The first-order chi connectivity index (χ1) is 20.0. The molecule has 4 fully saturated rings. The minimum Gasteiger partial charge on any atom is -0.493 e. The van der Waals surface area contributed by atoms with E-state index in [0.717, 1.165) is 67.0 Å². The van der Waals surface area contributed by atoms with Gasteiger partial charge in [-0.3, -0.25) is 14.5 Å². The number of likely N-dealkylation sites (tertiary alicyclic amines) is 2. The third kappa shape index (κ3) is 3.87. The fourth-order valence-corrected chi connectivity index (χ4v) is 7.83. The van der Waals surface area contributed by atoms with Crippen molar-refractivity contribution < 1.29 is 23.8 Å². The molecule has 1 saturated carbocycles. The Morgan fingerprint density at radius 2 is 1.98 bits per heavy atom. The largest absolute Gasteiger partial charge is 0.493 e. The van der Waals surface area contributed by atoms with Crippen molar-refractivity contribution in [3.8, 4) is 11.5 Å². The quantitative estimate of drug-likeness (QED) is 0.482. The van der Waals surface area contributed by atoms with Gasteiger partial charge < -0.3 is 24.1 Å². The molecule has 8 heteroatoms. The van der Waals surface area contributed by atoms with Crippen LogP contribution in [0.15, 0.2) is 54.2 Å². The van der Waals surface area contributed by atoms with Crippen LogP contribution in [0.2, 0.25) is 0 Å². The number of hydrogen-bond acceptors (Lipinski definition) is 6. The summed E-state index contributed by atoms with van der Waals surface area (Å²) in [4.78, 5) is 34.3. The van der Waals surface area contributed by atoms with Gasteiger partial charge in [-0.15, -0.1) is 0 Å². The van der Waals surface area contributed by atoms with Crippen molar-refractivity contribution in [1.82, 2.24) is 14.8 Å². The normalized spacial score (nSPS) is 26.1. The van der Waals surface area contributed by atoms with Gasteiger partial charge in [-0.2, -0.15) is 0 Å². The van der Waals surface area contributed by atoms with Gasteiger partial charge in [0.05, 0.1) is 13.7 Å². The maximum absolute atomic E-state index is 13.8. The molecule has 1 amide bonds. The molecule has 2 atom stereocenters. The lowest BCUT2D eigenvalue weighted by atomic mass is 9.78. The number of benzene rings is 2. The fourth-order valence-electron chi connectivity index (χ4n) is 7.83. The number of rotatable bonds is 6. The van der Waals surface area contributed by atoms with Gasteiger partial charge in [-0.1, -0.05) is 24.3 Å². The van der Waals surface area contributed by atoms with E-state index in [9.17, 15) is 9.59 Å². The summed E-state index contributed by atoms with van der Waals surface area (Å²) < 4.78 is 17.5. The number of nitrogens with one attached hydrogen (secondary N) is 1. The lowest BCUT2D eigenvalue weighted by molar-refractivity contribution is 0.0735. The van der Waals surface area contributed by atoms with E-state index in [1.165, 1.54) is 19.3 Å². The van der Waals surface area contributed by atoms with Gasteiger partial charge >= 0.3 is 0 Å². The van der Waals surface area contributed by atoms with Crippen molar-refractivity contribution in [2.45, 2.75) is 31.1 Å². The highest BCUT2D eigenvalue weighted by atomic mass is 16.5. The molecule has 8 rings (SSSR count). The molecule has 3 aromatic rings. The number of hydrogen-bond donors (Lipinski definition) is 1. The van der Waals surface area contributed by atoms with Crippen LogP contribution < -0.4 is 9.47 Å². The second-order valence-corrected chi connectivity index (χ2v) is 12.5. The van der Waals surface area contributed by atoms with Crippen molar-refractivity contribution in [3.05, 3.63) is 71.1 Å². The van der Waals surface area contributed by atoms with Gasteiger partial charge in [-0.05, 0) is 67.8 Å². The van der Waals surface area contributed by atoms with E-state index in [2.05, 4.69) is 16.0 Å². The number of ketones is 1. The van der Waals surface area contributed by atoms with E-state index in [1.807, 2.05) is 41.3 Å². The lowest BCUT2D eigenvalue weighted by Crippen LogP contribution is -2.42. The molecule has 0 unspecified atom stereocenters. The van der Waals surface area contributed by atoms with Crippen LogP contribution in [0.3, 0.4) is 0 Å². The number of piperidine rings is 2. The van der Waals surface area contributed by atoms with Gasteiger partial charge in [0.2, 0.25) is 0 Å². The summed E-state index contributed by atoms with van der Waals surface area (Å²) >= 11 is 0. The molecular weight excluding hydrogens is 518 g/mol. The van der Waals surface area contributed by atoms with Crippen molar-refractivity contribution in [2.24, 2.45) is 11.3 Å². The molecule has 3 saturated heterocycles. The first kappa shape index (κ1) is 25.1. The van der Waals surface area contributed by atoms with E-state index in [1.54, 1.807) is 13.2 Å². The monoisotopic (exact) mass is 553 g/mol. The Hall–Kier alpha value is -3.62. The van der Waals surface area contributed by atoms with Gasteiger partial charge in [-0.25, -0.2) is 0 Å². The Morgan fingerprint density at radius 3 is 2.78 bits per heavy atom. The highest BCUT2D eigenvalue weighted by molar-refractivity contribution is 6.10. The molecule has 2 aliphatic carbocycles. The second kappa shape index (κ2) is 9.19. The first-order valence-corrected chi connectivity index (χ1v) is 14.8. The fraction of sp³-hybridized carbons (Fsp3) is 0.455. The Kier molecular flexibility index (Phi) is 5.63. The van der Waals surface area contributed by atoms with E-state index in [0.29, 0.717) is 41.7 Å². The molecule has 3 aliphatic heterocycles. The number of carbonyl (C=O) groups is 2. The summed E-state index contributed by atoms with van der Waals surface area (Å²) in [5.41, 5.74) is 4.21. The lowest BCUT2D eigenvalue weighted by Gasteiger charge is -2.38. The zero-order valence-electron chi connectivity index (χ0n) is 23.4. The van der Waals surface area contributed by atoms with Crippen LogP contribution in [0.5, 0.6) is 11.5 Å². The van der Waals surface area contributed by atoms with E-state index in [-0.39, 0.29) is 17.1 Å². The van der Waals surface area contributed by atoms with E-state index >= 15 is 0 Å². The minimum atomic E-state index is -0.198. The predicted octanol–water partition coefficient (Wildman–Crippen LogP) is 4.55. The van der Waals surface area contributed by atoms with Gasteiger partial charge in [0.15, 0.2) is 17.3 Å². The highest BCUT2D eigenvalue weighted by Crippen LogP contribution is 2.66. The molecule has 2 aromatic carbocycles. The standard InChI is InChI=1S/C33H35N3O5/c1-39-28-16-25-21(15-29(28)41-13-11-35-9-6-32(7-10-35)8-12-40-20-32)14-26(34-25)31(38)36-19-22-18-33(22)24-5-3-2-4-23(24)27(37)17-30(33)36/h2-5,14-17,22,34H,6-13,18-20H2,1H3/t22-,33-/m1/s1. The number of fused-ring (bicyclic) bond motifs is 2. The zero-order valence-corrected chi connectivity index (χ0v) is 23.4. The average molecular weight is 554 g/mol. The van der Waals surface area contributed by atoms with Crippen molar-refractivity contribution in [2.75, 3.05) is 53.1 Å². The van der Waals surface area contributed by atoms with Gasteiger partial charge in [0, 0.05) is 59.4 Å². The smallest absolute Gasteiger partial charge is 0.274 e. The van der Waals surface area contributed by atoms with Crippen LogP contribution in [0, 0.1) is 11.3 Å². The Bertz CT molecular complexity index is 1590. The number of aromatic amines is 1. The number of methoxy groups -OCH3 is 1. The molecule has 5 aliphatic rings. The van der Waals surface area contributed by atoms with Crippen molar-refractivity contribution >= 4 is 22.6 Å². The number of H-pyrrole nitrogens is 1. The zero-order chi connectivity index (χ0) is 27.8. The number of allylic oxidation sites excluding steroid dienone is 2. The summed E-state index contributed by atoms with van der Waals surface area (Å²) in [6.45, 7) is 6.05. The maximum atomic E-state index is 13.8. The van der Waals surface area contributed by atoms with Gasteiger partial charge in [0.25, 0.3) is 5.91 Å². The number of ether oxygens (including phenoxy) is 3. The SMILES string of the molecule is COc1cc2[nH]c(C(=O)N3C[C@H]4C[C@@]45C3=CC(=O)c3ccccc35)cc2cc1OCCN1CCC2(CCOC2)CC1. The van der Waals surface area contributed by atoms with Crippen LogP contribution in [-0.2, 0) is 10.2 Å². The van der Waals surface area contributed by atoms with Crippen LogP contribution in [0.25, 0.3) is 10.9 Å². The number of amides is 1. The first-order valence-electron chi connectivity index (χ1n) is 14.8. The molecule has 4 heterocycles. The number of aromatic nitrogens is 1. The van der Waals surface area contributed by atoms with Crippen LogP contribution in [0.4, 0.5) is 0 Å². The van der Waals surface area contributed by atoms with E-state index < -0.39 is 0 Å². The molecule has 1 N–H and O–H groups in total. The van der Waals surface area contributed by atoms with E-state index in [4.69, 9.17) is 14.2 Å². The number of nitrogens with zero attached hydrogens (tertiary/aromatic N) is 2. The molecule has 0 radical (unpaired) electrons. The summed E-state index contributed by atoms with van der Waals surface area (Å²) in [7, 11) is 1.64. The number of carbonyl (C=O) groups excluding carboxylic acids is 2. The Morgan fingerprint density at radius 1 is 1.12 bits per heavy atom. The maximum Gasteiger partial charge on any atom is 0.274 e. The topological polar surface area (TPSA) is 84.1 Å². The summed E-state index contributed by atoms with van der Waals surface area (Å²) in [6.07, 6.45) is 6.26. The third-order valence-electron chi connectivity index (χ3n) is 10.3. The summed E-state index contributed by atoms with van der Waals surface area (Å²) in [5, 5.41) is 0.892. The third-order valence-corrected chi connectivity index (χ3v) is 10.3. The van der Waals surface area contributed by atoms with Crippen molar-refractivity contribution in [1.29, 1.82) is 0 Å². The Labute approximate surface area is 239 Å².